The van der Waals surface area contributed by atoms with Gasteiger partial charge in [0.1, 0.15) is 11.4 Å². The van der Waals surface area contributed by atoms with Gasteiger partial charge < -0.3 is 15.0 Å². The fraction of sp³-hybridized carbons (Fsp3) is 0.577. The Hall–Kier alpha value is -2.07. The molecule has 2 aliphatic rings. The maximum Gasteiger partial charge on any atom is 0.249 e. The maximum absolute atomic E-state index is 13.0. The molecular formula is C26H38N2O2. The van der Waals surface area contributed by atoms with Crippen LogP contribution < -0.4 is 10.1 Å². The number of carbonyl (C=O) groups is 1. The second-order valence-electron chi connectivity index (χ2n) is 8.56. The molecule has 2 heterocycles. The highest BCUT2D eigenvalue weighted by atomic mass is 16.5. The Kier molecular flexibility index (Phi) is 7.41. The van der Waals surface area contributed by atoms with E-state index in [2.05, 4.69) is 43.4 Å². The first-order valence-corrected chi connectivity index (χ1v) is 11.7. The highest BCUT2D eigenvalue weighted by molar-refractivity contribution is 5.94. The number of hydrogen-bond donors (Lipinski definition) is 1. The lowest BCUT2D eigenvalue weighted by Crippen LogP contribution is -2.46. The number of ether oxygens (including phenoxy) is 1. The summed E-state index contributed by atoms with van der Waals surface area (Å²) in [5.41, 5.74) is 4.61. The predicted molar refractivity (Wildman–Crippen MR) is 125 cm³/mol. The average Bonchev–Trinajstić information content (AvgIpc) is 2.77. The quantitative estimate of drug-likeness (QED) is 0.644. The zero-order valence-electron chi connectivity index (χ0n) is 19.4. The molecule has 1 unspecified atom stereocenters. The summed E-state index contributed by atoms with van der Waals surface area (Å²) >= 11 is 0. The van der Waals surface area contributed by atoms with Gasteiger partial charge in [0.05, 0.1) is 0 Å². The molecule has 1 aromatic rings. The number of amides is 1. The Morgan fingerprint density at radius 3 is 2.53 bits per heavy atom. The van der Waals surface area contributed by atoms with Crippen molar-refractivity contribution in [3.05, 3.63) is 47.1 Å². The van der Waals surface area contributed by atoms with Crippen LogP contribution in [0.5, 0.6) is 5.75 Å². The molecule has 1 aromatic carbocycles. The molecule has 4 nitrogen and oxygen atoms in total. The van der Waals surface area contributed by atoms with E-state index in [-0.39, 0.29) is 17.4 Å². The third-order valence-corrected chi connectivity index (χ3v) is 6.69. The molecule has 1 fully saturated rings. The molecule has 2 aliphatic heterocycles. The minimum absolute atomic E-state index is 0.169. The summed E-state index contributed by atoms with van der Waals surface area (Å²) < 4.78 is 6.63. The lowest BCUT2D eigenvalue weighted by atomic mass is 9.78. The van der Waals surface area contributed by atoms with Crippen molar-refractivity contribution in [3.63, 3.8) is 0 Å². The van der Waals surface area contributed by atoms with Crippen LogP contribution in [0.25, 0.3) is 5.57 Å². The van der Waals surface area contributed by atoms with E-state index in [4.69, 9.17) is 4.74 Å². The SMILES string of the molecule is C/C=C(\CC(C)C1=CC2(CCNCC2)Oc2cccc(CC)c21)C(=O)N(CC)CC. The monoisotopic (exact) mass is 410 g/mol. The zero-order chi connectivity index (χ0) is 21.7. The van der Waals surface area contributed by atoms with Gasteiger partial charge in [-0.1, -0.05) is 32.1 Å². The van der Waals surface area contributed by atoms with Crippen LogP contribution in [0, 0.1) is 5.92 Å². The fourth-order valence-corrected chi connectivity index (χ4v) is 4.86. The van der Waals surface area contributed by atoms with E-state index in [0.717, 1.165) is 63.2 Å². The Bertz CT molecular complexity index is 814. The molecule has 164 valence electrons. The van der Waals surface area contributed by atoms with Crippen LogP contribution in [-0.2, 0) is 11.2 Å². The smallest absolute Gasteiger partial charge is 0.249 e. The number of aryl methyl sites for hydroxylation is 1. The van der Waals surface area contributed by atoms with Gasteiger partial charge in [-0.25, -0.2) is 0 Å². The molecule has 1 saturated heterocycles. The first kappa shape index (κ1) is 22.6. The van der Waals surface area contributed by atoms with Crippen LogP contribution in [0.2, 0.25) is 0 Å². The van der Waals surface area contributed by atoms with Crippen LogP contribution in [0.3, 0.4) is 0 Å². The summed E-state index contributed by atoms with van der Waals surface area (Å²) in [6.45, 7) is 14.0. The molecule has 30 heavy (non-hydrogen) atoms. The van der Waals surface area contributed by atoms with E-state index >= 15 is 0 Å². The van der Waals surface area contributed by atoms with Crippen LogP contribution >= 0.6 is 0 Å². The maximum atomic E-state index is 13.0. The molecule has 0 aliphatic carbocycles. The largest absolute Gasteiger partial charge is 0.482 e. The standard InChI is InChI=1S/C26H38N2O2/c1-6-20-11-10-12-23-24(20)22(18-26(30-23)13-15-27-16-14-26)19(5)17-21(7-2)25(29)28(8-3)9-4/h7,10-12,18-19,27H,6,8-9,13-17H2,1-5H3/b21-7+. The van der Waals surface area contributed by atoms with Gasteiger partial charge in [0.15, 0.2) is 0 Å². The van der Waals surface area contributed by atoms with Crippen LogP contribution in [0.1, 0.15) is 65.0 Å². The molecule has 0 saturated carbocycles. The zero-order valence-corrected chi connectivity index (χ0v) is 19.4. The second kappa shape index (κ2) is 9.82. The van der Waals surface area contributed by atoms with Crippen molar-refractivity contribution in [1.29, 1.82) is 0 Å². The summed E-state index contributed by atoms with van der Waals surface area (Å²) in [7, 11) is 0. The Morgan fingerprint density at radius 2 is 1.93 bits per heavy atom. The summed E-state index contributed by atoms with van der Waals surface area (Å²) in [5, 5.41) is 3.46. The molecule has 0 bridgehead atoms. The summed E-state index contributed by atoms with van der Waals surface area (Å²) in [4.78, 5) is 14.9. The van der Waals surface area contributed by atoms with Gasteiger partial charge in [-0.3, -0.25) is 4.79 Å². The Morgan fingerprint density at radius 1 is 1.23 bits per heavy atom. The third kappa shape index (κ3) is 4.49. The normalized spacial score (nSPS) is 19.0. The number of carbonyl (C=O) groups excluding carboxylic acids is 1. The topological polar surface area (TPSA) is 41.6 Å². The molecule has 1 spiro atoms. The molecule has 4 heteroatoms. The molecule has 0 radical (unpaired) electrons. The minimum Gasteiger partial charge on any atom is -0.482 e. The number of rotatable bonds is 7. The minimum atomic E-state index is -0.229. The van der Waals surface area contributed by atoms with Crippen molar-refractivity contribution >= 4 is 11.5 Å². The number of piperidine rings is 1. The number of hydrogen-bond acceptors (Lipinski definition) is 3. The van der Waals surface area contributed by atoms with E-state index in [1.807, 2.05) is 31.7 Å². The predicted octanol–water partition coefficient (Wildman–Crippen LogP) is 4.99. The van der Waals surface area contributed by atoms with E-state index in [0.29, 0.717) is 0 Å². The molecule has 3 rings (SSSR count). The number of fused-ring (bicyclic) bond motifs is 1. The van der Waals surface area contributed by atoms with Crippen molar-refractivity contribution < 1.29 is 9.53 Å². The highest BCUT2D eigenvalue weighted by Gasteiger charge is 2.38. The van der Waals surface area contributed by atoms with Gasteiger partial charge in [-0.15, -0.1) is 0 Å². The number of nitrogens with one attached hydrogen (secondary N) is 1. The number of nitrogens with zero attached hydrogens (tertiary/aromatic N) is 1. The van der Waals surface area contributed by atoms with E-state index in [1.165, 1.54) is 16.7 Å². The number of allylic oxidation sites excluding steroid dienone is 2. The first-order chi connectivity index (χ1) is 14.5. The third-order valence-electron chi connectivity index (χ3n) is 6.69. The lowest BCUT2D eigenvalue weighted by molar-refractivity contribution is -0.127. The molecule has 1 amide bonds. The van der Waals surface area contributed by atoms with Crippen molar-refractivity contribution in [2.75, 3.05) is 26.2 Å². The van der Waals surface area contributed by atoms with Gasteiger partial charge in [0.25, 0.3) is 0 Å². The Balaban J connectivity index is 1.97. The van der Waals surface area contributed by atoms with E-state index in [1.54, 1.807) is 0 Å². The van der Waals surface area contributed by atoms with E-state index in [9.17, 15) is 4.79 Å². The molecule has 0 aromatic heterocycles. The van der Waals surface area contributed by atoms with Gasteiger partial charge in [-0.05, 0) is 75.9 Å². The average molecular weight is 411 g/mol. The highest BCUT2D eigenvalue weighted by Crippen LogP contribution is 2.45. The summed E-state index contributed by atoms with van der Waals surface area (Å²) in [6, 6.07) is 6.44. The lowest BCUT2D eigenvalue weighted by Gasteiger charge is -2.41. The number of benzene rings is 1. The number of likely N-dealkylation sites (N-methyl/N-ethyl adjacent to an activating group) is 1. The van der Waals surface area contributed by atoms with Gasteiger partial charge in [0.2, 0.25) is 5.91 Å². The Labute approximate surface area is 182 Å². The van der Waals surface area contributed by atoms with Crippen molar-refractivity contribution in [1.82, 2.24) is 10.2 Å². The molecule has 1 N–H and O–H groups in total. The molecular weight excluding hydrogens is 372 g/mol. The van der Waals surface area contributed by atoms with Gasteiger partial charge in [0, 0.05) is 37.1 Å². The van der Waals surface area contributed by atoms with Crippen molar-refractivity contribution in [2.45, 2.75) is 65.9 Å². The van der Waals surface area contributed by atoms with Crippen LogP contribution in [0.15, 0.2) is 35.9 Å². The van der Waals surface area contributed by atoms with Crippen LogP contribution in [0.4, 0.5) is 0 Å². The van der Waals surface area contributed by atoms with Crippen LogP contribution in [-0.4, -0.2) is 42.6 Å². The molecule has 1 atom stereocenters. The van der Waals surface area contributed by atoms with Gasteiger partial charge in [-0.2, -0.15) is 0 Å². The van der Waals surface area contributed by atoms with Crippen molar-refractivity contribution in [2.24, 2.45) is 5.92 Å². The summed E-state index contributed by atoms with van der Waals surface area (Å²) in [5.74, 6) is 1.43. The summed E-state index contributed by atoms with van der Waals surface area (Å²) in [6.07, 6.45) is 8.09. The second-order valence-corrected chi connectivity index (χ2v) is 8.56. The van der Waals surface area contributed by atoms with Crippen molar-refractivity contribution in [3.8, 4) is 5.75 Å². The first-order valence-electron chi connectivity index (χ1n) is 11.7. The fourth-order valence-electron chi connectivity index (χ4n) is 4.86. The van der Waals surface area contributed by atoms with E-state index < -0.39 is 0 Å². The van der Waals surface area contributed by atoms with Gasteiger partial charge >= 0.3 is 0 Å².